The number of amides is 3. The number of halogens is 1. The molecule has 0 unspecified atom stereocenters. The summed E-state index contributed by atoms with van der Waals surface area (Å²) in [6, 6.07) is 11.7. The van der Waals surface area contributed by atoms with Crippen molar-refractivity contribution in [1.29, 1.82) is 0 Å². The van der Waals surface area contributed by atoms with E-state index < -0.39 is 5.91 Å². The molecule has 0 heterocycles. The molecule has 0 aliphatic rings. The maximum Gasteiger partial charge on any atom is 0.321 e. The summed E-state index contributed by atoms with van der Waals surface area (Å²) < 4.78 is 5.56. The Morgan fingerprint density at radius 1 is 1.20 bits per heavy atom. The maximum absolute atomic E-state index is 12.2. The van der Waals surface area contributed by atoms with Crippen LogP contribution in [0.2, 0.25) is 5.02 Å². The third-order valence-electron chi connectivity index (χ3n) is 3.61. The fourth-order valence-corrected chi connectivity index (χ4v) is 2.24. The number of urea groups is 1. The second-order valence-electron chi connectivity index (χ2n) is 5.55. The highest BCUT2D eigenvalue weighted by Gasteiger charge is 2.11. The highest BCUT2D eigenvalue weighted by atomic mass is 35.5. The van der Waals surface area contributed by atoms with Crippen molar-refractivity contribution >= 4 is 29.2 Å². The summed E-state index contributed by atoms with van der Waals surface area (Å²) in [6.07, 6.45) is 0. The molecule has 25 heavy (non-hydrogen) atoms. The summed E-state index contributed by atoms with van der Waals surface area (Å²) in [5, 5.41) is 3.36. The molecule has 0 spiro atoms. The Bertz CT molecular complexity index is 763. The summed E-state index contributed by atoms with van der Waals surface area (Å²) in [7, 11) is 1.66. The number of likely N-dealkylation sites (N-methyl/N-ethyl adjacent to an activating group) is 1. The molecule has 0 radical (unpaired) electrons. The van der Waals surface area contributed by atoms with Crippen LogP contribution in [-0.4, -0.2) is 37.0 Å². The molecule has 3 amide bonds. The van der Waals surface area contributed by atoms with Crippen molar-refractivity contribution in [2.45, 2.75) is 6.92 Å². The van der Waals surface area contributed by atoms with Gasteiger partial charge >= 0.3 is 6.03 Å². The second-order valence-corrected chi connectivity index (χ2v) is 5.98. The van der Waals surface area contributed by atoms with E-state index in [0.29, 0.717) is 35.2 Å². The number of carbonyl (C=O) groups excluding carboxylic acids is 2. The van der Waals surface area contributed by atoms with E-state index in [2.05, 4.69) is 5.32 Å². The first kappa shape index (κ1) is 18.6. The SMILES string of the molecule is Cc1ccc(NC(=O)N(C)CCOc2ccc(Cl)cc2)cc1C(N)=O. The molecule has 0 saturated carbocycles. The van der Waals surface area contributed by atoms with Crippen LogP contribution in [0.4, 0.5) is 10.5 Å². The van der Waals surface area contributed by atoms with E-state index in [1.165, 1.54) is 4.90 Å². The Labute approximate surface area is 151 Å². The van der Waals surface area contributed by atoms with Crippen LogP contribution in [0.25, 0.3) is 0 Å². The number of hydrogen-bond acceptors (Lipinski definition) is 3. The largest absolute Gasteiger partial charge is 0.492 e. The summed E-state index contributed by atoms with van der Waals surface area (Å²) in [5.41, 5.74) is 6.97. The molecule has 0 bridgehead atoms. The van der Waals surface area contributed by atoms with Gasteiger partial charge in [-0.2, -0.15) is 0 Å². The van der Waals surface area contributed by atoms with Crippen molar-refractivity contribution in [3.63, 3.8) is 0 Å². The maximum atomic E-state index is 12.2. The molecule has 0 aliphatic carbocycles. The standard InChI is InChI=1S/C18H20ClN3O3/c1-12-3-6-14(11-16(12)17(20)23)21-18(24)22(2)9-10-25-15-7-4-13(19)5-8-15/h3-8,11H,9-10H2,1-2H3,(H2,20,23)(H,21,24). The number of anilines is 1. The number of benzene rings is 2. The molecule has 132 valence electrons. The first-order valence-corrected chi connectivity index (χ1v) is 8.05. The van der Waals surface area contributed by atoms with E-state index in [1.807, 2.05) is 0 Å². The zero-order chi connectivity index (χ0) is 18.4. The second kappa shape index (κ2) is 8.39. The van der Waals surface area contributed by atoms with Gasteiger partial charge in [0, 0.05) is 23.3 Å². The Morgan fingerprint density at radius 3 is 2.52 bits per heavy atom. The number of primary amides is 1. The number of nitrogens with two attached hydrogens (primary N) is 1. The van der Waals surface area contributed by atoms with Crippen molar-refractivity contribution in [1.82, 2.24) is 4.90 Å². The van der Waals surface area contributed by atoms with Gasteiger partial charge in [0.15, 0.2) is 0 Å². The molecular formula is C18H20ClN3O3. The highest BCUT2D eigenvalue weighted by molar-refractivity contribution is 6.30. The van der Waals surface area contributed by atoms with Crippen molar-refractivity contribution in [2.24, 2.45) is 5.73 Å². The smallest absolute Gasteiger partial charge is 0.321 e. The zero-order valence-corrected chi connectivity index (χ0v) is 14.8. The van der Waals surface area contributed by atoms with Crippen LogP contribution < -0.4 is 15.8 Å². The quantitative estimate of drug-likeness (QED) is 0.827. The van der Waals surface area contributed by atoms with E-state index in [-0.39, 0.29) is 6.03 Å². The first-order chi connectivity index (χ1) is 11.9. The normalized spacial score (nSPS) is 10.2. The van der Waals surface area contributed by atoms with Crippen LogP contribution in [0.1, 0.15) is 15.9 Å². The lowest BCUT2D eigenvalue weighted by Crippen LogP contribution is -2.34. The van der Waals surface area contributed by atoms with Crippen LogP contribution in [0.5, 0.6) is 5.75 Å². The van der Waals surface area contributed by atoms with Crippen molar-refractivity contribution in [3.05, 3.63) is 58.6 Å². The van der Waals surface area contributed by atoms with E-state index in [1.54, 1.807) is 56.4 Å². The van der Waals surface area contributed by atoms with E-state index >= 15 is 0 Å². The number of nitrogens with zero attached hydrogens (tertiary/aromatic N) is 1. The topological polar surface area (TPSA) is 84.7 Å². The van der Waals surface area contributed by atoms with Crippen molar-refractivity contribution in [2.75, 3.05) is 25.5 Å². The lowest BCUT2D eigenvalue weighted by Gasteiger charge is -2.18. The number of rotatable bonds is 6. The Morgan fingerprint density at radius 2 is 1.88 bits per heavy atom. The lowest BCUT2D eigenvalue weighted by molar-refractivity contribution is 0.0999. The minimum atomic E-state index is -0.529. The summed E-state index contributed by atoms with van der Waals surface area (Å²) in [5.74, 6) is 0.154. The minimum Gasteiger partial charge on any atom is -0.492 e. The number of aryl methyl sites for hydroxylation is 1. The van der Waals surface area contributed by atoms with Gasteiger partial charge in [-0.1, -0.05) is 17.7 Å². The average Bonchev–Trinajstić information content (AvgIpc) is 2.58. The van der Waals surface area contributed by atoms with Crippen molar-refractivity contribution < 1.29 is 14.3 Å². The molecule has 2 aromatic rings. The third kappa shape index (κ3) is 5.39. The van der Waals surface area contributed by atoms with Gasteiger partial charge in [-0.3, -0.25) is 4.79 Å². The van der Waals surface area contributed by atoms with Gasteiger partial charge in [-0.05, 0) is 48.9 Å². The van der Waals surface area contributed by atoms with Gasteiger partial charge < -0.3 is 20.7 Å². The van der Waals surface area contributed by atoms with Crippen LogP contribution >= 0.6 is 11.6 Å². The van der Waals surface area contributed by atoms with Gasteiger partial charge in [-0.25, -0.2) is 4.79 Å². The third-order valence-corrected chi connectivity index (χ3v) is 3.86. The molecule has 0 aliphatic heterocycles. The number of nitrogens with one attached hydrogen (secondary N) is 1. The van der Waals surface area contributed by atoms with Gasteiger partial charge in [0.05, 0.1) is 6.54 Å². The molecule has 0 saturated heterocycles. The molecule has 2 rings (SSSR count). The minimum absolute atomic E-state index is 0.307. The summed E-state index contributed by atoms with van der Waals surface area (Å²) in [6.45, 7) is 2.51. The van der Waals surface area contributed by atoms with E-state index in [9.17, 15) is 9.59 Å². The van der Waals surface area contributed by atoms with Crippen LogP contribution in [0.15, 0.2) is 42.5 Å². The Hall–Kier alpha value is -2.73. The van der Waals surface area contributed by atoms with E-state index in [0.717, 1.165) is 5.56 Å². The molecule has 3 N–H and O–H groups in total. The average molecular weight is 362 g/mol. The van der Waals surface area contributed by atoms with Gasteiger partial charge in [0.2, 0.25) is 5.91 Å². The molecule has 6 nitrogen and oxygen atoms in total. The first-order valence-electron chi connectivity index (χ1n) is 7.68. The van der Waals surface area contributed by atoms with Crippen LogP contribution in [0, 0.1) is 6.92 Å². The molecule has 0 aromatic heterocycles. The fourth-order valence-electron chi connectivity index (χ4n) is 2.12. The Balaban J connectivity index is 1.86. The molecular weight excluding hydrogens is 342 g/mol. The summed E-state index contributed by atoms with van der Waals surface area (Å²) >= 11 is 5.81. The number of carbonyl (C=O) groups is 2. The number of ether oxygens (including phenoxy) is 1. The number of hydrogen-bond donors (Lipinski definition) is 2. The highest BCUT2D eigenvalue weighted by Crippen LogP contribution is 2.16. The van der Waals surface area contributed by atoms with Gasteiger partial charge in [-0.15, -0.1) is 0 Å². The van der Waals surface area contributed by atoms with Crippen LogP contribution in [0.3, 0.4) is 0 Å². The Kier molecular flexibility index (Phi) is 6.25. The molecule has 7 heteroatoms. The predicted molar refractivity (Wildman–Crippen MR) is 98.3 cm³/mol. The monoisotopic (exact) mass is 361 g/mol. The molecule has 0 fully saturated rings. The van der Waals surface area contributed by atoms with Gasteiger partial charge in [0.1, 0.15) is 12.4 Å². The van der Waals surface area contributed by atoms with Gasteiger partial charge in [0.25, 0.3) is 0 Å². The molecule has 0 atom stereocenters. The lowest BCUT2D eigenvalue weighted by atomic mass is 10.1. The zero-order valence-electron chi connectivity index (χ0n) is 14.1. The van der Waals surface area contributed by atoms with Crippen LogP contribution in [-0.2, 0) is 0 Å². The predicted octanol–water partition coefficient (Wildman–Crippen LogP) is 3.29. The van der Waals surface area contributed by atoms with Crippen molar-refractivity contribution in [3.8, 4) is 5.75 Å². The molecule has 2 aromatic carbocycles. The van der Waals surface area contributed by atoms with E-state index in [4.69, 9.17) is 22.1 Å². The fraction of sp³-hybridized carbons (Fsp3) is 0.222. The summed E-state index contributed by atoms with van der Waals surface area (Å²) in [4.78, 5) is 25.0.